The molecule has 0 saturated heterocycles. The Morgan fingerprint density at radius 1 is 1.19 bits per heavy atom. The second kappa shape index (κ2) is 7.74. The van der Waals surface area contributed by atoms with Crippen molar-refractivity contribution in [2.45, 2.75) is 13.8 Å². The number of fused-ring (bicyclic) bond motifs is 1. The number of anilines is 1. The van der Waals surface area contributed by atoms with E-state index in [0.29, 0.717) is 29.5 Å². The summed E-state index contributed by atoms with van der Waals surface area (Å²) in [5, 5.41) is 10.7. The summed E-state index contributed by atoms with van der Waals surface area (Å²) >= 11 is 0. The molecule has 1 heterocycles. The van der Waals surface area contributed by atoms with Gasteiger partial charge in [0.15, 0.2) is 5.82 Å². The van der Waals surface area contributed by atoms with Crippen molar-refractivity contribution in [3.63, 3.8) is 0 Å². The summed E-state index contributed by atoms with van der Waals surface area (Å²) in [5.74, 6) is 1.54. The Morgan fingerprint density at radius 3 is 2.81 bits per heavy atom. The van der Waals surface area contributed by atoms with E-state index in [0.717, 1.165) is 10.9 Å². The molecule has 1 aromatic heterocycles. The number of H-pyrrole nitrogens is 1. The number of carbonyl (C=O) groups is 1. The minimum atomic E-state index is -0.256. The molecule has 3 rings (SSSR count). The number of carbonyl (C=O) groups excluding carboxylic acids is 1. The van der Waals surface area contributed by atoms with Crippen molar-refractivity contribution < 1.29 is 14.3 Å². The first-order valence-corrected chi connectivity index (χ1v) is 8.26. The molecule has 26 heavy (non-hydrogen) atoms. The molecule has 1 amide bonds. The van der Waals surface area contributed by atoms with Gasteiger partial charge in [0, 0.05) is 10.9 Å². The molecule has 0 aliphatic rings. The van der Waals surface area contributed by atoms with Crippen molar-refractivity contribution in [2.75, 3.05) is 19.0 Å². The molecule has 0 radical (unpaired) electrons. The molecule has 0 bridgehead atoms. The van der Waals surface area contributed by atoms with Gasteiger partial charge in [-0.25, -0.2) is 0 Å². The number of rotatable bonds is 6. The summed E-state index contributed by atoms with van der Waals surface area (Å²) in [6.45, 7) is 4.54. The van der Waals surface area contributed by atoms with Gasteiger partial charge in [0.2, 0.25) is 0 Å². The fraction of sp³-hybridized carbons (Fsp3) is 0.200. The molecular formula is C20H21N3O3. The van der Waals surface area contributed by atoms with Crippen LogP contribution in [-0.2, 0) is 0 Å². The molecule has 134 valence electrons. The molecule has 0 aliphatic heterocycles. The molecule has 6 nitrogen and oxygen atoms in total. The zero-order valence-electron chi connectivity index (χ0n) is 15.0. The Balaban J connectivity index is 1.80. The Morgan fingerprint density at radius 2 is 2.04 bits per heavy atom. The molecule has 0 saturated carbocycles. The lowest BCUT2D eigenvalue weighted by Gasteiger charge is -2.06. The number of amides is 1. The summed E-state index contributed by atoms with van der Waals surface area (Å²) in [6.07, 6.45) is 2.01. The maximum Gasteiger partial charge on any atom is 0.257 e. The number of hydrogen-bond donors (Lipinski definition) is 2. The first kappa shape index (κ1) is 17.5. The number of nitrogens with one attached hydrogen (secondary N) is 2. The monoisotopic (exact) mass is 351 g/mol. The van der Waals surface area contributed by atoms with Crippen molar-refractivity contribution in [3.8, 4) is 11.5 Å². The quantitative estimate of drug-likeness (QED) is 0.654. The van der Waals surface area contributed by atoms with Crippen LogP contribution in [0.4, 0.5) is 5.82 Å². The predicted octanol–water partition coefficient (Wildman–Crippen LogP) is 4.17. The highest BCUT2D eigenvalue weighted by Gasteiger charge is 2.12. The maximum absolute atomic E-state index is 12.5. The molecule has 0 aliphatic carbocycles. The van der Waals surface area contributed by atoms with Gasteiger partial charge in [-0.3, -0.25) is 9.89 Å². The van der Waals surface area contributed by atoms with Crippen molar-refractivity contribution in [1.29, 1.82) is 0 Å². The van der Waals surface area contributed by atoms with E-state index in [1.165, 1.54) is 5.57 Å². The van der Waals surface area contributed by atoms with E-state index in [4.69, 9.17) is 9.47 Å². The molecular weight excluding hydrogens is 330 g/mol. The Kier molecular flexibility index (Phi) is 5.22. The van der Waals surface area contributed by atoms with E-state index in [2.05, 4.69) is 15.5 Å². The highest BCUT2D eigenvalue weighted by atomic mass is 16.5. The summed E-state index contributed by atoms with van der Waals surface area (Å²) in [4.78, 5) is 12.5. The third-order valence-corrected chi connectivity index (χ3v) is 3.84. The van der Waals surface area contributed by atoms with Crippen LogP contribution in [0.1, 0.15) is 24.2 Å². The zero-order chi connectivity index (χ0) is 18.5. The van der Waals surface area contributed by atoms with E-state index in [-0.39, 0.29) is 5.91 Å². The Hall–Kier alpha value is -3.28. The average Bonchev–Trinajstić information content (AvgIpc) is 3.03. The van der Waals surface area contributed by atoms with E-state index in [9.17, 15) is 4.79 Å². The van der Waals surface area contributed by atoms with Gasteiger partial charge in [0.05, 0.1) is 12.6 Å². The first-order valence-electron chi connectivity index (χ1n) is 8.26. The minimum Gasteiger partial charge on any atom is -0.497 e. The molecule has 0 fully saturated rings. The summed E-state index contributed by atoms with van der Waals surface area (Å²) in [7, 11) is 1.56. The summed E-state index contributed by atoms with van der Waals surface area (Å²) in [6, 6.07) is 12.6. The van der Waals surface area contributed by atoms with Gasteiger partial charge in [-0.15, -0.1) is 0 Å². The van der Waals surface area contributed by atoms with Crippen LogP contribution in [0.2, 0.25) is 0 Å². The number of hydrogen-bond acceptors (Lipinski definition) is 4. The molecule has 0 atom stereocenters. The van der Waals surface area contributed by atoms with Gasteiger partial charge < -0.3 is 14.8 Å². The number of benzene rings is 2. The average molecular weight is 351 g/mol. The molecule has 0 spiro atoms. The Labute approximate surface area is 151 Å². The topological polar surface area (TPSA) is 76.2 Å². The third kappa shape index (κ3) is 4.03. The fourth-order valence-corrected chi connectivity index (χ4v) is 2.43. The number of ether oxygens (including phenoxy) is 2. The van der Waals surface area contributed by atoms with Crippen LogP contribution in [0.5, 0.6) is 11.5 Å². The van der Waals surface area contributed by atoms with E-state index in [1.807, 2.05) is 38.1 Å². The molecule has 2 aromatic carbocycles. The molecule has 3 aromatic rings. The van der Waals surface area contributed by atoms with Gasteiger partial charge >= 0.3 is 0 Å². The van der Waals surface area contributed by atoms with Gasteiger partial charge in [-0.1, -0.05) is 11.6 Å². The summed E-state index contributed by atoms with van der Waals surface area (Å²) in [5.41, 5.74) is 2.51. The first-order chi connectivity index (χ1) is 12.6. The third-order valence-electron chi connectivity index (χ3n) is 3.84. The smallest absolute Gasteiger partial charge is 0.257 e. The number of methoxy groups -OCH3 is 1. The maximum atomic E-state index is 12.5. The number of aromatic amines is 1. The van der Waals surface area contributed by atoms with Crippen LogP contribution in [0.25, 0.3) is 10.9 Å². The Bertz CT molecular complexity index is 956. The lowest BCUT2D eigenvalue weighted by molar-refractivity contribution is 0.102. The lowest BCUT2D eigenvalue weighted by Crippen LogP contribution is -2.12. The highest BCUT2D eigenvalue weighted by molar-refractivity contribution is 6.08. The van der Waals surface area contributed by atoms with Crippen LogP contribution in [-0.4, -0.2) is 29.8 Å². The van der Waals surface area contributed by atoms with Crippen LogP contribution in [0.15, 0.2) is 54.1 Å². The van der Waals surface area contributed by atoms with E-state index >= 15 is 0 Å². The SMILES string of the molecule is COc1cccc(C(=O)Nc2n[nH]c3ccc(OCC=C(C)C)cc23)c1. The highest BCUT2D eigenvalue weighted by Crippen LogP contribution is 2.26. The fourth-order valence-electron chi connectivity index (χ4n) is 2.43. The molecule has 0 unspecified atom stereocenters. The summed E-state index contributed by atoms with van der Waals surface area (Å²) < 4.78 is 10.9. The van der Waals surface area contributed by atoms with Crippen molar-refractivity contribution in [3.05, 3.63) is 59.7 Å². The number of allylic oxidation sites excluding steroid dienone is 1. The normalized spacial score (nSPS) is 10.4. The second-order valence-electron chi connectivity index (χ2n) is 6.06. The number of nitrogens with zero attached hydrogens (tertiary/aromatic N) is 1. The van der Waals surface area contributed by atoms with Gasteiger partial charge in [0.1, 0.15) is 18.1 Å². The van der Waals surface area contributed by atoms with Crippen LogP contribution >= 0.6 is 0 Å². The predicted molar refractivity (Wildman–Crippen MR) is 102 cm³/mol. The van der Waals surface area contributed by atoms with Gasteiger partial charge in [-0.05, 0) is 56.3 Å². The van der Waals surface area contributed by atoms with Crippen LogP contribution < -0.4 is 14.8 Å². The van der Waals surface area contributed by atoms with Gasteiger partial charge in [0.25, 0.3) is 5.91 Å². The second-order valence-corrected chi connectivity index (χ2v) is 6.06. The van der Waals surface area contributed by atoms with Crippen molar-refractivity contribution in [1.82, 2.24) is 10.2 Å². The van der Waals surface area contributed by atoms with Gasteiger partial charge in [-0.2, -0.15) is 5.10 Å². The van der Waals surface area contributed by atoms with E-state index < -0.39 is 0 Å². The number of aromatic nitrogens is 2. The lowest BCUT2D eigenvalue weighted by atomic mass is 10.2. The van der Waals surface area contributed by atoms with Crippen molar-refractivity contribution in [2.24, 2.45) is 0 Å². The minimum absolute atomic E-state index is 0.256. The zero-order valence-corrected chi connectivity index (χ0v) is 15.0. The largest absolute Gasteiger partial charge is 0.497 e. The van der Waals surface area contributed by atoms with Crippen LogP contribution in [0, 0.1) is 0 Å². The molecule has 2 N–H and O–H groups in total. The molecule has 6 heteroatoms. The van der Waals surface area contributed by atoms with Crippen molar-refractivity contribution >= 4 is 22.6 Å². The van der Waals surface area contributed by atoms with Crippen LogP contribution in [0.3, 0.4) is 0 Å². The standard InChI is InChI=1S/C20H21N3O3/c1-13(2)9-10-26-16-7-8-18-17(12-16)19(23-22-18)21-20(24)14-5-4-6-15(11-14)25-3/h4-9,11-12H,10H2,1-3H3,(H2,21,22,23,24). The van der Waals surface area contributed by atoms with E-state index in [1.54, 1.807) is 31.4 Å².